The van der Waals surface area contributed by atoms with Gasteiger partial charge in [-0.2, -0.15) is 8.78 Å². The minimum absolute atomic E-state index is 0.116. The van der Waals surface area contributed by atoms with E-state index in [2.05, 4.69) is 10.1 Å². The van der Waals surface area contributed by atoms with Crippen LogP contribution in [0.1, 0.15) is 19.4 Å². The van der Waals surface area contributed by atoms with Gasteiger partial charge in [0.05, 0.1) is 6.61 Å². The Labute approximate surface area is 99.7 Å². The Kier molecular flexibility index (Phi) is 5.69. The summed E-state index contributed by atoms with van der Waals surface area (Å²) in [4.78, 5) is 0. The molecule has 0 aliphatic rings. The van der Waals surface area contributed by atoms with Gasteiger partial charge in [-0.15, -0.1) is 0 Å². The van der Waals surface area contributed by atoms with Crippen LogP contribution in [0.15, 0.2) is 18.2 Å². The highest BCUT2D eigenvalue weighted by atomic mass is 19.3. The van der Waals surface area contributed by atoms with Gasteiger partial charge in [-0.25, -0.2) is 0 Å². The molecule has 0 heterocycles. The summed E-state index contributed by atoms with van der Waals surface area (Å²) in [6, 6.07) is 5.12. The van der Waals surface area contributed by atoms with E-state index in [1.165, 1.54) is 0 Å². The fraction of sp³-hybridized carbons (Fsp3) is 0.500. The van der Waals surface area contributed by atoms with Crippen molar-refractivity contribution in [1.82, 2.24) is 5.32 Å². The second kappa shape index (κ2) is 7.06. The van der Waals surface area contributed by atoms with Crippen LogP contribution in [0.5, 0.6) is 11.5 Å². The Morgan fingerprint density at radius 3 is 2.65 bits per heavy atom. The molecule has 17 heavy (non-hydrogen) atoms. The molecule has 0 bridgehead atoms. The highest BCUT2D eigenvalue weighted by molar-refractivity contribution is 5.46. The van der Waals surface area contributed by atoms with E-state index in [1.807, 2.05) is 6.92 Å². The van der Waals surface area contributed by atoms with Gasteiger partial charge >= 0.3 is 6.61 Å². The molecule has 1 aromatic rings. The highest BCUT2D eigenvalue weighted by Crippen LogP contribution is 2.32. The predicted octanol–water partition coefficient (Wildman–Crippen LogP) is 2.80. The van der Waals surface area contributed by atoms with E-state index in [9.17, 15) is 8.78 Å². The molecule has 0 spiro atoms. The summed E-state index contributed by atoms with van der Waals surface area (Å²) in [6.07, 6.45) is 0. The van der Waals surface area contributed by atoms with Crippen LogP contribution in [0.25, 0.3) is 0 Å². The number of hydrogen-bond acceptors (Lipinski definition) is 3. The van der Waals surface area contributed by atoms with Crippen LogP contribution in [-0.2, 0) is 6.54 Å². The Morgan fingerprint density at radius 2 is 2.06 bits per heavy atom. The van der Waals surface area contributed by atoms with Gasteiger partial charge in [-0.05, 0) is 19.5 Å². The molecule has 0 atom stereocenters. The number of ether oxygens (including phenoxy) is 2. The lowest BCUT2D eigenvalue weighted by atomic mass is 10.2. The zero-order valence-corrected chi connectivity index (χ0v) is 10.0. The molecule has 0 unspecified atom stereocenters. The molecule has 0 radical (unpaired) electrons. The lowest BCUT2D eigenvalue weighted by Gasteiger charge is -2.15. The number of rotatable bonds is 7. The fourth-order valence-corrected chi connectivity index (χ4v) is 1.45. The lowest BCUT2D eigenvalue weighted by molar-refractivity contribution is -0.0521. The SMILES string of the molecule is CCNCc1cccc(OCC)c1OC(F)F. The molecule has 0 saturated carbocycles. The van der Waals surface area contributed by atoms with Crippen molar-refractivity contribution in [3.63, 3.8) is 0 Å². The summed E-state index contributed by atoms with van der Waals surface area (Å²) in [5, 5.41) is 3.07. The smallest absolute Gasteiger partial charge is 0.387 e. The molecule has 96 valence electrons. The second-order valence-electron chi connectivity index (χ2n) is 3.34. The van der Waals surface area contributed by atoms with Crippen molar-refractivity contribution in [3.8, 4) is 11.5 Å². The maximum Gasteiger partial charge on any atom is 0.387 e. The van der Waals surface area contributed by atoms with Crippen molar-refractivity contribution in [3.05, 3.63) is 23.8 Å². The fourth-order valence-electron chi connectivity index (χ4n) is 1.45. The minimum Gasteiger partial charge on any atom is -0.490 e. The van der Waals surface area contributed by atoms with Gasteiger partial charge in [0, 0.05) is 12.1 Å². The minimum atomic E-state index is -2.85. The van der Waals surface area contributed by atoms with Crippen LogP contribution in [-0.4, -0.2) is 19.8 Å². The molecule has 0 aromatic heterocycles. The van der Waals surface area contributed by atoms with Crippen molar-refractivity contribution in [1.29, 1.82) is 0 Å². The number of nitrogens with one attached hydrogen (secondary N) is 1. The Bertz CT molecular complexity index is 345. The molecule has 3 nitrogen and oxygen atoms in total. The molecule has 0 fully saturated rings. The van der Waals surface area contributed by atoms with Crippen LogP contribution < -0.4 is 14.8 Å². The van der Waals surface area contributed by atoms with Gasteiger partial charge in [0.15, 0.2) is 11.5 Å². The van der Waals surface area contributed by atoms with Crippen molar-refractivity contribution in [2.75, 3.05) is 13.2 Å². The van der Waals surface area contributed by atoms with Crippen molar-refractivity contribution in [2.24, 2.45) is 0 Å². The van der Waals surface area contributed by atoms with Crippen molar-refractivity contribution >= 4 is 0 Å². The quantitative estimate of drug-likeness (QED) is 0.801. The topological polar surface area (TPSA) is 30.5 Å². The molecular weight excluding hydrogens is 228 g/mol. The van der Waals surface area contributed by atoms with E-state index in [0.29, 0.717) is 24.5 Å². The van der Waals surface area contributed by atoms with Gasteiger partial charge in [-0.3, -0.25) is 0 Å². The summed E-state index contributed by atoms with van der Waals surface area (Å²) >= 11 is 0. The van der Waals surface area contributed by atoms with Gasteiger partial charge < -0.3 is 14.8 Å². The van der Waals surface area contributed by atoms with Gasteiger partial charge in [0.25, 0.3) is 0 Å². The average molecular weight is 245 g/mol. The molecule has 0 aliphatic heterocycles. The van der Waals surface area contributed by atoms with E-state index >= 15 is 0 Å². The number of para-hydroxylation sites is 1. The Balaban J connectivity index is 2.96. The van der Waals surface area contributed by atoms with Gasteiger partial charge in [0.2, 0.25) is 0 Å². The molecule has 1 aromatic carbocycles. The monoisotopic (exact) mass is 245 g/mol. The largest absolute Gasteiger partial charge is 0.490 e. The normalized spacial score (nSPS) is 10.6. The highest BCUT2D eigenvalue weighted by Gasteiger charge is 2.15. The maximum atomic E-state index is 12.3. The van der Waals surface area contributed by atoms with Crippen LogP contribution in [0.4, 0.5) is 8.78 Å². The average Bonchev–Trinajstić information content (AvgIpc) is 2.29. The van der Waals surface area contributed by atoms with E-state index < -0.39 is 6.61 Å². The molecule has 0 aliphatic carbocycles. The summed E-state index contributed by atoms with van der Waals surface area (Å²) in [6.45, 7) is 2.52. The predicted molar refractivity (Wildman–Crippen MR) is 61.6 cm³/mol. The van der Waals surface area contributed by atoms with Crippen molar-refractivity contribution < 1.29 is 18.3 Å². The van der Waals surface area contributed by atoms with E-state index in [0.717, 1.165) is 6.54 Å². The lowest BCUT2D eigenvalue weighted by Crippen LogP contribution is -2.14. The van der Waals surface area contributed by atoms with Crippen LogP contribution in [0.3, 0.4) is 0 Å². The second-order valence-corrected chi connectivity index (χ2v) is 3.34. The summed E-state index contributed by atoms with van der Waals surface area (Å²) in [7, 11) is 0. The number of alkyl halides is 2. The first kappa shape index (κ1) is 13.7. The maximum absolute atomic E-state index is 12.3. The van der Waals surface area contributed by atoms with Crippen molar-refractivity contribution in [2.45, 2.75) is 27.0 Å². The summed E-state index contributed by atoms with van der Waals surface area (Å²) in [5.74, 6) is 0.466. The number of halogens is 2. The first-order valence-electron chi connectivity index (χ1n) is 5.59. The first-order valence-corrected chi connectivity index (χ1v) is 5.59. The van der Waals surface area contributed by atoms with E-state index in [1.54, 1.807) is 25.1 Å². The third kappa shape index (κ3) is 4.19. The van der Waals surface area contributed by atoms with Crippen LogP contribution in [0, 0.1) is 0 Å². The van der Waals surface area contributed by atoms with E-state index in [4.69, 9.17) is 4.74 Å². The molecule has 5 heteroatoms. The number of hydrogen-bond donors (Lipinski definition) is 1. The zero-order chi connectivity index (χ0) is 12.7. The van der Waals surface area contributed by atoms with E-state index in [-0.39, 0.29) is 5.75 Å². The van der Waals surface area contributed by atoms with Gasteiger partial charge in [-0.1, -0.05) is 19.1 Å². The third-order valence-electron chi connectivity index (χ3n) is 2.13. The first-order chi connectivity index (χ1) is 8.19. The molecule has 1 N–H and O–H groups in total. The molecule has 1 rings (SSSR count). The Morgan fingerprint density at radius 1 is 1.29 bits per heavy atom. The molecule has 0 amide bonds. The van der Waals surface area contributed by atoms with Crippen LogP contribution >= 0.6 is 0 Å². The molecular formula is C12H17F2NO2. The summed E-state index contributed by atoms with van der Waals surface area (Å²) in [5.41, 5.74) is 0.665. The molecule has 0 saturated heterocycles. The zero-order valence-electron chi connectivity index (χ0n) is 10.0. The summed E-state index contributed by atoms with van der Waals surface area (Å²) < 4.78 is 34.5. The Hall–Kier alpha value is -1.36. The van der Waals surface area contributed by atoms with Crippen LogP contribution in [0.2, 0.25) is 0 Å². The standard InChI is InChI=1S/C12H17F2NO2/c1-3-15-8-9-6-5-7-10(16-4-2)11(9)17-12(13)14/h5-7,12,15H,3-4,8H2,1-2H3. The number of benzene rings is 1. The van der Waals surface area contributed by atoms with Gasteiger partial charge in [0.1, 0.15) is 0 Å². The third-order valence-corrected chi connectivity index (χ3v) is 2.13.